The minimum atomic E-state index is -0.974. The van der Waals surface area contributed by atoms with Crippen LogP contribution in [0.15, 0.2) is 77.7 Å². The van der Waals surface area contributed by atoms with Gasteiger partial charge < -0.3 is 9.84 Å². The highest BCUT2D eigenvalue weighted by Gasteiger charge is 2.08. The van der Waals surface area contributed by atoms with Crippen LogP contribution in [0.1, 0.15) is 41.7 Å². The van der Waals surface area contributed by atoms with E-state index >= 15 is 0 Å². The molecule has 0 saturated heterocycles. The molecule has 3 aromatic carbocycles. The number of carboxylic acids is 1. The monoisotopic (exact) mass is 446 g/mol. The summed E-state index contributed by atoms with van der Waals surface area (Å²) in [6, 6.07) is 23.3. The van der Waals surface area contributed by atoms with Gasteiger partial charge in [-0.3, -0.25) is 0 Å². The summed E-state index contributed by atoms with van der Waals surface area (Å²) in [6.45, 7) is 6.06. The molecule has 0 aliphatic carbocycles. The van der Waals surface area contributed by atoms with Gasteiger partial charge in [0.05, 0.1) is 0 Å². The van der Waals surface area contributed by atoms with Crippen LogP contribution in [-0.4, -0.2) is 23.4 Å². The Hall–Kier alpha value is -2.98. The number of ether oxygens (including phenoxy) is 1. The molecular weight excluding hydrogens is 416 g/mol. The van der Waals surface area contributed by atoms with Crippen molar-refractivity contribution < 1.29 is 14.6 Å². The highest BCUT2D eigenvalue weighted by Crippen LogP contribution is 2.30. The van der Waals surface area contributed by atoms with Gasteiger partial charge in [-0.2, -0.15) is 0 Å². The lowest BCUT2D eigenvalue weighted by Crippen LogP contribution is -2.09. The molecule has 0 atom stereocenters. The Morgan fingerprint density at radius 1 is 0.938 bits per heavy atom. The van der Waals surface area contributed by atoms with Gasteiger partial charge in [0.2, 0.25) is 0 Å². The molecule has 1 N–H and O–H groups in total. The average molecular weight is 447 g/mol. The third kappa shape index (κ3) is 6.51. The molecular formula is C28H30O3S. The molecule has 0 fully saturated rings. The largest absolute Gasteiger partial charge is 0.482 e. The lowest BCUT2D eigenvalue weighted by Gasteiger charge is -2.12. The minimum Gasteiger partial charge on any atom is -0.482 e. The van der Waals surface area contributed by atoms with Gasteiger partial charge in [0.15, 0.2) is 6.61 Å². The summed E-state index contributed by atoms with van der Waals surface area (Å²) in [4.78, 5) is 11.9. The summed E-state index contributed by atoms with van der Waals surface area (Å²) < 4.78 is 5.28. The molecule has 3 aromatic rings. The fraction of sp³-hybridized carbons (Fsp3) is 0.250. The number of carboxylic acid groups (broad SMARTS) is 1. The highest BCUT2D eigenvalue weighted by atomic mass is 32.2. The van der Waals surface area contributed by atoms with E-state index in [2.05, 4.69) is 68.5 Å². The van der Waals surface area contributed by atoms with Crippen molar-refractivity contribution in [2.75, 3.05) is 12.4 Å². The molecule has 0 radical (unpaired) electrons. The van der Waals surface area contributed by atoms with Crippen LogP contribution in [0.2, 0.25) is 0 Å². The van der Waals surface area contributed by atoms with Crippen LogP contribution in [0.5, 0.6) is 5.75 Å². The van der Waals surface area contributed by atoms with Crippen molar-refractivity contribution in [3.63, 3.8) is 0 Å². The SMILES string of the molecule is CCc1cccc(C(=CCSc2ccc(OCC(=O)O)cc2C)c2cccc(CC)c2)c1. The van der Waals surface area contributed by atoms with E-state index in [0.717, 1.165) is 29.1 Å². The Labute approximate surface area is 195 Å². The molecule has 166 valence electrons. The summed E-state index contributed by atoms with van der Waals surface area (Å²) in [6.07, 6.45) is 4.34. The number of benzene rings is 3. The van der Waals surface area contributed by atoms with Gasteiger partial charge in [0, 0.05) is 10.6 Å². The Morgan fingerprint density at radius 3 is 2.09 bits per heavy atom. The van der Waals surface area contributed by atoms with Crippen LogP contribution >= 0.6 is 11.8 Å². The smallest absolute Gasteiger partial charge is 0.341 e. The van der Waals surface area contributed by atoms with Crippen LogP contribution < -0.4 is 4.74 Å². The summed E-state index contributed by atoms with van der Waals surface area (Å²) in [5.74, 6) is 0.439. The Bertz CT molecular complexity index is 1050. The Morgan fingerprint density at radius 2 is 1.56 bits per heavy atom. The van der Waals surface area contributed by atoms with Gasteiger partial charge in [0.25, 0.3) is 0 Å². The maximum absolute atomic E-state index is 10.7. The number of rotatable bonds is 10. The molecule has 32 heavy (non-hydrogen) atoms. The van der Waals surface area contributed by atoms with Gasteiger partial charge >= 0.3 is 5.97 Å². The van der Waals surface area contributed by atoms with Crippen molar-refractivity contribution in [2.24, 2.45) is 0 Å². The van der Waals surface area contributed by atoms with Gasteiger partial charge in [0.1, 0.15) is 5.75 Å². The average Bonchev–Trinajstić information content (AvgIpc) is 2.81. The summed E-state index contributed by atoms with van der Waals surface area (Å²) >= 11 is 1.77. The van der Waals surface area contributed by atoms with E-state index in [-0.39, 0.29) is 6.61 Å². The first kappa shape index (κ1) is 23.7. The molecule has 3 rings (SSSR count). The minimum absolute atomic E-state index is 0.328. The van der Waals surface area contributed by atoms with Crippen molar-refractivity contribution in [3.05, 3.63) is 101 Å². The molecule has 0 spiro atoms. The molecule has 4 heteroatoms. The van der Waals surface area contributed by atoms with Crippen LogP contribution in [0.25, 0.3) is 5.57 Å². The highest BCUT2D eigenvalue weighted by molar-refractivity contribution is 7.99. The van der Waals surface area contributed by atoms with E-state index in [1.54, 1.807) is 11.8 Å². The summed E-state index contributed by atoms with van der Waals surface area (Å²) in [5, 5.41) is 8.78. The van der Waals surface area contributed by atoms with E-state index in [0.29, 0.717) is 5.75 Å². The van der Waals surface area contributed by atoms with Crippen molar-refractivity contribution in [3.8, 4) is 5.75 Å². The van der Waals surface area contributed by atoms with Gasteiger partial charge in [-0.1, -0.05) is 68.5 Å². The van der Waals surface area contributed by atoms with Crippen molar-refractivity contribution in [2.45, 2.75) is 38.5 Å². The summed E-state index contributed by atoms with van der Waals surface area (Å²) in [5.41, 5.74) is 7.48. The molecule has 3 nitrogen and oxygen atoms in total. The molecule has 0 bridgehead atoms. The fourth-order valence-corrected chi connectivity index (χ4v) is 4.43. The number of aryl methyl sites for hydroxylation is 3. The Kier molecular flexibility index (Phi) is 8.57. The maximum Gasteiger partial charge on any atom is 0.341 e. The first-order valence-electron chi connectivity index (χ1n) is 11.0. The van der Waals surface area contributed by atoms with E-state index < -0.39 is 5.97 Å². The molecule has 0 unspecified atom stereocenters. The van der Waals surface area contributed by atoms with E-state index in [1.165, 1.54) is 27.8 Å². The number of hydrogen-bond acceptors (Lipinski definition) is 3. The first-order valence-corrected chi connectivity index (χ1v) is 12.0. The zero-order chi connectivity index (χ0) is 22.9. The fourth-order valence-electron chi connectivity index (χ4n) is 3.55. The molecule has 0 heterocycles. The third-order valence-corrected chi connectivity index (χ3v) is 6.43. The Balaban J connectivity index is 1.84. The second-order valence-electron chi connectivity index (χ2n) is 7.65. The molecule has 0 saturated carbocycles. The second-order valence-corrected chi connectivity index (χ2v) is 8.71. The lowest BCUT2D eigenvalue weighted by molar-refractivity contribution is -0.139. The van der Waals surface area contributed by atoms with Crippen LogP contribution in [0, 0.1) is 6.92 Å². The number of hydrogen-bond donors (Lipinski definition) is 1. The maximum atomic E-state index is 10.7. The number of aliphatic carboxylic acids is 1. The first-order chi connectivity index (χ1) is 15.5. The zero-order valence-corrected chi connectivity index (χ0v) is 19.7. The molecule has 0 amide bonds. The van der Waals surface area contributed by atoms with E-state index in [4.69, 9.17) is 9.84 Å². The predicted molar refractivity (Wildman–Crippen MR) is 134 cm³/mol. The van der Waals surface area contributed by atoms with Crippen molar-refractivity contribution in [1.29, 1.82) is 0 Å². The zero-order valence-electron chi connectivity index (χ0n) is 18.9. The molecule has 0 aromatic heterocycles. The predicted octanol–water partition coefficient (Wildman–Crippen LogP) is 6.81. The van der Waals surface area contributed by atoms with Gasteiger partial charge in [-0.25, -0.2) is 4.79 Å². The van der Waals surface area contributed by atoms with Gasteiger partial charge in [-0.05, 0) is 71.4 Å². The standard InChI is InChI=1S/C28H30O3S/c1-4-21-8-6-10-23(17-21)26(24-11-7-9-22(5-2)18-24)14-15-32-27-13-12-25(16-20(27)3)31-19-28(29)30/h6-14,16-18H,4-5,15,19H2,1-3H3,(H,29,30). The summed E-state index contributed by atoms with van der Waals surface area (Å²) in [7, 11) is 0. The quantitative estimate of drug-likeness (QED) is 0.348. The van der Waals surface area contributed by atoms with Crippen molar-refractivity contribution >= 4 is 23.3 Å². The number of thioether (sulfide) groups is 1. The molecule has 0 aliphatic heterocycles. The molecule has 0 aliphatic rings. The third-order valence-electron chi connectivity index (χ3n) is 5.33. The number of carbonyl (C=O) groups is 1. The van der Waals surface area contributed by atoms with Crippen molar-refractivity contribution in [1.82, 2.24) is 0 Å². The van der Waals surface area contributed by atoms with Crippen LogP contribution in [-0.2, 0) is 17.6 Å². The van der Waals surface area contributed by atoms with Gasteiger partial charge in [-0.15, -0.1) is 11.8 Å². The van der Waals surface area contributed by atoms with Crippen LogP contribution in [0.4, 0.5) is 0 Å². The second kappa shape index (κ2) is 11.6. The van der Waals surface area contributed by atoms with Crippen LogP contribution in [0.3, 0.4) is 0 Å². The normalized spacial score (nSPS) is 10.6. The van der Waals surface area contributed by atoms with E-state index in [9.17, 15) is 4.79 Å². The van der Waals surface area contributed by atoms with E-state index in [1.807, 2.05) is 25.1 Å². The lowest BCUT2D eigenvalue weighted by atomic mass is 9.94. The topological polar surface area (TPSA) is 46.5 Å².